The number of halogens is 2. The molecule has 3 N–H and O–H groups in total. The van der Waals surface area contributed by atoms with Crippen LogP contribution in [0.25, 0.3) is 10.4 Å². The van der Waals surface area contributed by atoms with E-state index in [1.165, 1.54) is 0 Å². The van der Waals surface area contributed by atoms with Gasteiger partial charge in [-0.25, -0.2) is 4.79 Å². The molecule has 0 atom stereocenters. The van der Waals surface area contributed by atoms with Gasteiger partial charge in [-0.05, 0) is 30.2 Å². The van der Waals surface area contributed by atoms with Gasteiger partial charge in [0.2, 0.25) is 0 Å². The molecule has 1 aromatic carbocycles. The maximum atomic E-state index is 11.2. The van der Waals surface area contributed by atoms with Crippen LogP contribution in [0.1, 0.15) is 22.2 Å². The Hall–Kier alpha value is -1.04. The molecule has 0 unspecified atom stereocenters. The van der Waals surface area contributed by atoms with Crippen molar-refractivity contribution >= 4 is 50.5 Å². The molecule has 0 spiro atoms. The van der Waals surface area contributed by atoms with E-state index in [4.69, 9.17) is 22.4 Å². The molecule has 1 aromatic heterocycles. The van der Waals surface area contributed by atoms with E-state index in [2.05, 4.69) is 15.9 Å². The number of anilines is 1. The number of aromatic carboxylic acids is 1. The summed E-state index contributed by atoms with van der Waals surface area (Å²) in [6, 6.07) is 5.49. The van der Waals surface area contributed by atoms with Gasteiger partial charge in [0.1, 0.15) is 4.88 Å². The lowest BCUT2D eigenvalue weighted by Gasteiger charge is -2.05. The van der Waals surface area contributed by atoms with Gasteiger partial charge >= 0.3 is 5.97 Å². The van der Waals surface area contributed by atoms with Crippen LogP contribution in [0.15, 0.2) is 22.7 Å². The Morgan fingerprint density at radius 2 is 2.21 bits per heavy atom. The summed E-state index contributed by atoms with van der Waals surface area (Å²) >= 11 is 10.8. The summed E-state index contributed by atoms with van der Waals surface area (Å²) in [6.07, 6.45) is 0.661. The quantitative estimate of drug-likeness (QED) is 0.835. The van der Waals surface area contributed by atoms with Crippen molar-refractivity contribution in [2.45, 2.75) is 13.3 Å². The van der Waals surface area contributed by atoms with Gasteiger partial charge in [-0.1, -0.05) is 34.5 Å². The van der Waals surface area contributed by atoms with Crippen LogP contribution in [0.4, 0.5) is 5.69 Å². The number of carboxylic acid groups (broad SMARTS) is 1. The summed E-state index contributed by atoms with van der Waals surface area (Å²) < 4.78 is 0.887. The molecular weight excluding hydrogens is 350 g/mol. The van der Waals surface area contributed by atoms with Crippen molar-refractivity contribution in [3.63, 3.8) is 0 Å². The highest BCUT2D eigenvalue weighted by atomic mass is 79.9. The summed E-state index contributed by atoms with van der Waals surface area (Å²) in [5, 5.41) is 9.74. The Labute approximate surface area is 128 Å². The van der Waals surface area contributed by atoms with Gasteiger partial charge in [0.25, 0.3) is 0 Å². The number of hydrogen-bond donors (Lipinski definition) is 2. The van der Waals surface area contributed by atoms with Gasteiger partial charge in [0.15, 0.2) is 0 Å². The Balaban J connectivity index is 2.71. The molecule has 19 heavy (non-hydrogen) atoms. The molecule has 0 radical (unpaired) electrons. The molecular formula is C13H11BrClNO2S. The van der Waals surface area contributed by atoms with E-state index in [9.17, 15) is 4.79 Å². The molecule has 0 aliphatic rings. The van der Waals surface area contributed by atoms with Crippen LogP contribution in [0.2, 0.25) is 5.02 Å². The lowest BCUT2D eigenvalue weighted by Crippen LogP contribution is -1.99. The Morgan fingerprint density at radius 3 is 2.79 bits per heavy atom. The summed E-state index contributed by atoms with van der Waals surface area (Å²) in [7, 11) is 0. The zero-order valence-electron chi connectivity index (χ0n) is 10.0. The number of nitrogens with two attached hydrogens (primary N) is 1. The maximum absolute atomic E-state index is 11.2. The van der Waals surface area contributed by atoms with E-state index in [0.717, 1.165) is 31.8 Å². The largest absolute Gasteiger partial charge is 0.477 e. The van der Waals surface area contributed by atoms with Crippen molar-refractivity contribution in [3.8, 4) is 10.4 Å². The molecule has 0 aliphatic heterocycles. The normalized spacial score (nSPS) is 10.7. The monoisotopic (exact) mass is 359 g/mol. The highest BCUT2D eigenvalue weighted by Crippen LogP contribution is 2.42. The predicted octanol–water partition coefficient (Wildman–Crippen LogP) is 4.67. The highest BCUT2D eigenvalue weighted by Gasteiger charge is 2.21. The average Bonchev–Trinajstić information content (AvgIpc) is 2.69. The number of hydrogen-bond acceptors (Lipinski definition) is 3. The molecule has 0 saturated heterocycles. The second-order valence-corrected chi connectivity index (χ2v) is 6.28. The van der Waals surface area contributed by atoms with Crippen molar-refractivity contribution in [2.24, 2.45) is 0 Å². The lowest BCUT2D eigenvalue weighted by atomic mass is 10.1. The van der Waals surface area contributed by atoms with Crippen molar-refractivity contribution < 1.29 is 9.90 Å². The predicted molar refractivity (Wildman–Crippen MR) is 83.2 cm³/mol. The minimum Gasteiger partial charge on any atom is -0.477 e. The third kappa shape index (κ3) is 2.63. The molecule has 0 fully saturated rings. The molecule has 1 heterocycles. The maximum Gasteiger partial charge on any atom is 0.348 e. The SMILES string of the molecule is CCc1c(-c2cc(Br)ccc2Cl)sc(C(=O)O)c1N. The smallest absolute Gasteiger partial charge is 0.348 e. The molecule has 2 rings (SSSR count). The zero-order valence-corrected chi connectivity index (χ0v) is 13.2. The molecule has 3 nitrogen and oxygen atoms in total. The lowest BCUT2D eigenvalue weighted by molar-refractivity contribution is 0.0703. The minimum absolute atomic E-state index is 0.169. The standard InChI is InChI=1S/C13H11BrClNO2S/c1-2-7-10(16)12(13(17)18)19-11(7)8-5-6(14)3-4-9(8)15/h3-5H,2,16H2,1H3,(H,17,18). The highest BCUT2D eigenvalue weighted by molar-refractivity contribution is 9.10. The van der Waals surface area contributed by atoms with E-state index in [1.54, 1.807) is 6.07 Å². The Morgan fingerprint density at radius 1 is 1.53 bits per heavy atom. The first-order valence-corrected chi connectivity index (χ1v) is 7.54. The van der Waals surface area contributed by atoms with Gasteiger partial charge in [-0.3, -0.25) is 0 Å². The molecule has 6 heteroatoms. The molecule has 0 aliphatic carbocycles. The third-order valence-corrected chi connectivity index (χ3v) is 4.86. The third-order valence-electron chi connectivity index (χ3n) is 2.77. The number of thiophene rings is 1. The fraction of sp³-hybridized carbons (Fsp3) is 0.154. The van der Waals surface area contributed by atoms with E-state index < -0.39 is 5.97 Å². The number of nitrogen functional groups attached to an aromatic ring is 1. The van der Waals surface area contributed by atoms with E-state index in [1.807, 2.05) is 19.1 Å². The summed E-state index contributed by atoms with van der Waals surface area (Å²) in [5.74, 6) is -1.01. The minimum atomic E-state index is -1.01. The first kappa shape index (κ1) is 14.4. The first-order chi connectivity index (χ1) is 8.95. The van der Waals surface area contributed by atoms with Gasteiger partial charge in [-0.15, -0.1) is 11.3 Å². The van der Waals surface area contributed by atoms with Gasteiger partial charge < -0.3 is 10.8 Å². The van der Waals surface area contributed by atoms with E-state index in [0.29, 0.717) is 17.1 Å². The second kappa shape index (κ2) is 5.53. The first-order valence-electron chi connectivity index (χ1n) is 5.55. The van der Waals surface area contributed by atoms with Crippen LogP contribution < -0.4 is 5.73 Å². The van der Waals surface area contributed by atoms with Crippen LogP contribution in [0, 0.1) is 0 Å². The molecule has 0 amide bonds. The molecule has 2 aromatic rings. The van der Waals surface area contributed by atoms with Crippen LogP contribution in [-0.2, 0) is 6.42 Å². The Kier molecular flexibility index (Phi) is 4.18. The van der Waals surface area contributed by atoms with Gasteiger partial charge in [0.05, 0.1) is 5.69 Å². The number of rotatable bonds is 3. The summed E-state index contributed by atoms with van der Waals surface area (Å²) in [4.78, 5) is 12.2. The fourth-order valence-electron chi connectivity index (χ4n) is 1.88. The van der Waals surface area contributed by atoms with Crippen molar-refractivity contribution in [1.29, 1.82) is 0 Å². The van der Waals surface area contributed by atoms with Crippen molar-refractivity contribution in [1.82, 2.24) is 0 Å². The van der Waals surface area contributed by atoms with Crippen LogP contribution in [0.5, 0.6) is 0 Å². The van der Waals surface area contributed by atoms with Gasteiger partial charge in [0, 0.05) is 19.9 Å². The number of carbonyl (C=O) groups is 1. The average molecular weight is 361 g/mol. The second-order valence-electron chi connectivity index (χ2n) is 3.94. The van der Waals surface area contributed by atoms with Crippen LogP contribution in [0.3, 0.4) is 0 Å². The van der Waals surface area contributed by atoms with Gasteiger partial charge in [-0.2, -0.15) is 0 Å². The van der Waals surface area contributed by atoms with E-state index in [-0.39, 0.29) is 4.88 Å². The summed E-state index contributed by atoms with van der Waals surface area (Å²) in [6.45, 7) is 1.94. The van der Waals surface area contributed by atoms with E-state index >= 15 is 0 Å². The number of carboxylic acids is 1. The Bertz CT molecular complexity index is 654. The summed E-state index contributed by atoms with van der Waals surface area (Å²) in [5.41, 5.74) is 7.89. The van der Waals surface area contributed by atoms with Crippen molar-refractivity contribution in [3.05, 3.63) is 38.1 Å². The van der Waals surface area contributed by atoms with Crippen LogP contribution in [-0.4, -0.2) is 11.1 Å². The number of benzene rings is 1. The topological polar surface area (TPSA) is 63.3 Å². The van der Waals surface area contributed by atoms with Crippen LogP contribution >= 0.6 is 38.9 Å². The fourth-order valence-corrected chi connectivity index (χ4v) is 3.69. The zero-order chi connectivity index (χ0) is 14.2. The molecule has 0 bridgehead atoms. The molecule has 0 saturated carbocycles. The van der Waals surface area contributed by atoms with Crippen molar-refractivity contribution in [2.75, 3.05) is 5.73 Å². The molecule has 100 valence electrons.